The second-order valence-electron chi connectivity index (χ2n) is 6.16. The van der Waals surface area contributed by atoms with Gasteiger partial charge in [-0.2, -0.15) is 0 Å². The number of carbonyl (C=O) groups is 1. The molecule has 0 spiro atoms. The summed E-state index contributed by atoms with van der Waals surface area (Å²) in [5, 5.41) is 3.27. The molecule has 1 saturated heterocycles. The van der Waals surface area contributed by atoms with E-state index in [1.165, 1.54) is 0 Å². The van der Waals surface area contributed by atoms with Gasteiger partial charge in [0.25, 0.3) is 5.91 Å². The zero-order chi connectivity index (χ0) is 13.5. The lowest BCUT2D eigenvalue weighted by Crippen LogP contribution is -2.46. The maximum atomic E-state index is 12.5. The van der Waals surface area contributed by atoms with E-state index in [0.717, 1.165) is 30.9 Å². The molecule has 19 heavy (non-hydrogen) atoms. The minimum Gasteiger partial charge on any atom is -0.477 e. The van der Waals surface area contributed by atoms with Crippen LogP contribution in [0.3, 0.4) is 0 Å². The van der Waals surface area contributed by atoms with E-state index in [2.05, 4.69) is 19.2 Å². The molecule has 2 aliphatic rings. The lowest BCUT2D eigenvalue weighted by Gasteiger charge is -2.30. The summed E-state index contributed by atoms with van der Waals surface area (Å²) in [5.74, 6) is 0.873. The summed E-state index contributed by atoms with van der Waals surface area (Å²) in [5.41, 5.74) is 1.20. The van der Waals surface area contributed by atoms with Crippen LogP contribution in [0, 0.1) is 5.41 Å². The number of anilines is 1. The highest BCUT2D eigenvalue weighted by Gasteiger charge is 2.36. The molecule has 1 aromatic rings. The highest BCUT2D eigenvalue weighted by Crippen LogP contribution is 2.32. The normalized spacial score (nSPS) is 24.3. The van der Waals surface area contributed by atoms with Crippen molar-refractivity contribution in [2.24, 2.45) is 5.41 Å². The average Bonchev–Trinajstić information content (AvgIpc) is 2.78. The van der Waals surface area contributed by atoms with E-state index >= 15 is 0 Å². The van der Waals surface area contributed by atoms with E-state index in [1.54, 1.807) is 0 Å². The maximum Gasteiger partial charge on any atom is 0.265 e. The molecule has 2 aliphatic heterocycles. The van der Waals surface area contributed by atoms with Gasteiger partial charge < -0.3 is 15.0 Å². The molecule has 0 aliphatic carbocycles. The van der Waals surface area contributed by atoms with Gasteiger partial charge in [-0.05, 0) is 24.0 Å². The third-order valence-corrected chi connectivity index (χ3v) is 3.90. The van der Waals surface area contributed by atoms with Gasteiger partial charge in [0.1, 0.15) is 5.75 Å². The Morgan fingerprint density at radius 3 is 2.95 bits per heavy atom. The number of para-hydroxylation sites is 2. The van der Waals surface area contributed by atoms with E-state index in [1.807, 2.05) is 29.2 Å². The highest BCUT2D eigenvalue weighted by molar-refractivity contribution is 5.83. The number of likely N-dealkylation sites (tertiary alicyclic amines) is 1. The number of fused-ring (bicyclic) bond motifs is 1. The molecule has 4 heteroatoms. The van der Waals surface area contributed by atoms with Crippen molar-refractivity contribution in [3.8, 4) is 5.75 Å². The SMILES string of the molecule is CC1(C)CCN(C(=O)C2CNc3ccccc3O2)C1. The fourth-order valence-electron chi connectivity index (χ4n) is 2.75. The Morgan fingerprint density at radius 2 is 2.21 bits per heavy atom. The Labute approximate surface area is 113 Å². The first kappa shape index (κ1) is 12.3. The Hall–Kier alpha value is -1.71. The molecular formula is C15H20N2O2. The minimum absolute atomic E-state index is 0.104. The van der Waals surface area contributed by atoms with E-state index in [9.17, 15) is 4.79 Å². The molecule has 1 atom stereocenters. The quantitative estimate of drug-likeness (QED) is 0.841. The summed E-state index contributed by atoms with van der Waals surface area (Å²) in [6.45, 7) is 6.62. The molecule has 1 N–H and O–H groups in total. The van der Waals surface area contributed by atoms with Gasteiger partial charge in [0, 0.05) is 13.1 Å². The van der Waals surface area contributed by atoms with Crippen molar-refractivity contribution in [2.75, 3.05) is 25.0 Å². The van der Waals surface area contributed by atoms with Crippen molar-refractivity contribution in [1.29, 1.82) is 0 Å². The van der Waals surface area contributed by atoms with Crippen LogP contribution in [-0.2, 0) is 4.79 Å². The average molecular weight is 260 g/mol. The Morgan fingerprint density at radius 1 is 1.42 bits per heavy atom. The van der Waals surface area contributed by atoms with Crippen LogP contribution < -0.4 is 10.1 Å². The van der Waals surface area contributed by atoms with Crippen LogP contribution in [0.2, 0.25) is 0 Å². The predicted molar refractivity (Wildman–Crippen MR) is 74.3 cm³/mol. The fourth-order valence-corrected chi connectivity index (χ4v) is 2.75. The van der Waals surface area contributed by atoms with Gasteiger partial charge in [-0.15, -0.1) is 0 Å². The van der Waals surface area contributed by atoms with Gasteiger partial charge in [0.2, 0.25) is 0 Å². The first-order chi connectivity index (χ1) is 9.05. The predicted octanol–water partition coefficient (Wildman–Crippen LogP) is 2.12. The standard InChI is InChI=1S/C15H20N2O2/c1-15(2)7-8-17(10-15)14(18)13-9-16-11-5-3-4-6-12(11)19-13/h3-6,13,16H,7-10H2,1-2H3. The Bertz CT molecular complexity index is 499. The molecule has 2 heterocycles. The second-order valence-corrected chi connectivity index (χ2v) is 6.16. The van der Waals surface area contributed by atoms with Crippen LogP contribution in [-0.4, -0.2) is 36.5 Å². The molecule has 1 unspecified atom stereocenters. The molecule has 0 radical (unpaired) electrons. The van der Waals surface area contributed by atoms with Gasteiger partial charge in [-0.3, -0.25) is 4.79 Å². The van der Waals surface area contributed by atoms with Gasteiger partial charge in [-0.1, -0.05) is 26.0 Å². The number of nitrogens with zero attached hydrogens (tertiary/aromatic N) is 1. The van der Waals surface area contributed by atoms with E-state index in [4.69, 9.17) is 4.74 Å². The van der Waals surface area contributed by atoms with Crippen LogP contribution in [0.25, 0.3) is 0 Å². The maximum absolute atomic E-state index is 12.5. The molecule has 1 aromatic carbocycles. The number of carbonyl (C=O) groups excluding carboxylic acids is 1. The minimum atomic E-state index is -0.399. The topological polar surface area (TPSA) is 41.6 Å². The van der Waals surface area contributed by atoms with E-state index in [0.29, 0.717) is 6.54 Å². The van der Waals surface area contributed by atoms with Crippen molar-refractivity contribution >= 4 is 11.6 Å². The fraction of sp³-hybridized carbons (Fsp3) is 0.533. The smallest absolute Gasteiger partial charge is 0.265 e. The van der Waals surface area contributed by atoms with Crippen molar-refractivity contribution in [3.63, 3.8) is 0 Å². The second kappa shape index (κ2) is 4.44. The number of rotatable bonds is 1. The molecule has 1 amide bonds. The summed E-state index contributed by atoms with van der Waals surface area (Å²) in [7, 11) is 0. The molecule has 4 nitrogen and oxygen atoms in total. The zero-order valence-corrected chi connectivity index (χ0v) is 11.5. The number of hydrogen-bond acceptors (Lipinski definition) is 3. The van der Waals surface area contributed by atoms with E-state index in [-0.39, 0.29) is 11.3 Å². The van der Waals surface area contributed by atoms with Crippen LogP contribution in [0.1, 0.15) is 20.3 Å². The molecule has 102 valence electrons. The molecule has 3 rings (SSSR count). The molecule has 0 bridgehead atoms. The van der Waals surface area contributed by atoms with Gasteiger partial charge in [-0.25, -0.2) is 0 Å². The summed E-state index contributed by atoms with van der Waals surface area (Å²) >= 11 is 0. The Kier molecular flexibility index (Phi) is 2.88. The monoisotopic (exact) mass is 260 g/mol. The van der Waals surface area contributed by atoms with Crippen LogP contribution >= 0.6 is 0 Å². The summed E-state index contributed by atoms with van der Waals surface area (Å²) in [6.07, 6.45) is 0.666. The summed E-state index contributed by atoms with van der Waals surface area (Å²) in [6, 6.07) is 7.75. The van der Waals surface area contributed by atoms with Gasteiger partial charge >= 0.3 is 0 Å². The lowest BCUT2D eigenvalue weighted by molar-refractivity contribution is -0.137. The van der Waals surface area contributed by atoms with Crippen molar-refractivity contribution in [2.45, 2.75) is 26.4 Å². The third kappa shape index (κ3) is 2.39. The first-order valence-corrected chi connectivity index (χ1v) is 6.83. The lowest BCUT2D eigenvalue weighted by atomic mass is 9.93. The Balaban J connectivity index is 1.70. The third-order valence-electron chi connectivity index (χ3n) is 3.90. The van der Waals surface area contributed by atoms with Crippen LogP contribution in [0.4, 0.5) is 5.69 Å². The zero-order valence-electron chi connectivity index (χ0n) is 11.5. The summed E-state index contributed by atoms with van der Waals surface area (Å²) < 4.78 is 5.82. The summed E-state index contributed by atoms with van der Waals surface area (Å²) in [4.78, 5) is 14.4. The number of hydrogen-bond donors (Lipinski definition) is 1. The van der Waals surface area contributed by atoms with Crippen LogP contribution in [0.5, 0.6) is 5.75 Å². The van der Waals surface area contributed by atoms with Crippen molar-refractivity contribution in [1.82, 2.24) is 4.90 Å². The number of amides is 1. The number of nitrogens with one attached hydrogen (secondary N) is 1. The first-order valence-electron chi connectivity index (χ1n) is 6.83. The highest BCUT2D eigenvalue weighted by atomic mass is 16.5. The molecule has 0 aromatic heterocycles. The largest absolute Gasteiger partial charge is 0.477 e. The molecule has 1 fully saturated rings. The van der Waals surface area contributed by atoms with Crippen molar-refractivity contribution in [3.05, 3.63) is 24.3 Å². The number of ether oxygens (including phenoxy) is 1. The van der Waals surface area contributed by atoms with Gasteiger partial charge in [0.05, 0.1) is 12.2 Å². The number of benzene rings is 1. The molecular weight excluding hydrogens is 240 g/mol. The molecule has 0 saturated carbocycles. The van der Waals surface area contributed by atoms with E-state index < -0.39 is 6.10 Å². The van der Waals surface area contributed by atoms with Gasteiger partial charge in [0.15, 0.2) is 6.10 Å². The van der Waals surface area contributed by atoms with Crippen LogP contribution in [0.15, 0.2) is 24.3 Å². The van der Waals surface area contributed by atoms with Crippen molar-refractivity contribution < 1.29 is 9.53 Å².